The Morgan fingerprint density at radius 2 is 1.73 bits per heavy atom. The van der Waals surface area contributed by atoms with Crippen LogP contribution in [-0.2, 0) is 37.0 Å². The normalized spacial score (nSPS) is 27.7. The number of nitrogens with zero attached hydrogens (tertiary/aromatic N) is 2. The van der Waals surface area contributed by atoms with Crippen molar-refractivity contribution >= 4 is 5.91 Å². The van der Waals surface area contributed by atoms with Crippen molar-refractivity contribution in [3.63, 3.8) is 0 Å². The Kier molecular flexibility index (Phi) is 8.83. The van der Waals surface area contributed by atoms with Gasteiger partial charge in [-0.2, -0.15) is 5.26 Å². The van der Waals surface area contributed by atoms with Crippen molar-refractivity contribution < 1.29 is 28.1 Å². The Morgan fingerprint density at radius 3 is 2.42 bits per heavy atom. The topological polar surface area (TPSA) is 93.0 Å². The van der Waals surface area contributed by atoms with Gasteiger partial charge < -0.3 is 29.2 Å². The first kappa shape index (κ1) is 28.7. The van der Waals surface area contributed by atoms with Gasteiger partial charge in [0.2, 0.25) is 0 Å². The third-order valence-electron chi connectivity index (χ3n) is 7.95. The molecule has 1 N–H and O–H groups in total. The summed E-state index contributed by atoms with van der Waals surface area (Å²) in [6, 6.07) is 15.5. The molecule has 2 heterocycles. The summed E-state index contributed by atoms with van der Waals surface area (Å²) >= 11 is 0. The third-order valence-corrected chi connectivity index (χ3v) is 7.95. The first-order valence-corrected chi connectivity index (χ1v) is 14.1. The van der Waals surface area contributed by atoms with Gasteiger partial charge in [-0.1, -0.05) is 24.3 Å². The van der Waals surface area contributed by atoms with Crippen molar-refractivity contribution in [1.82, 2.24) is 10.2 Å². The van der Waals surface area contributed by atoms with Crippen LogP contribution in [0, 0.1) is 17.1 Å². The fourth-order valence-corrected chi connectivity index (χ4v) is 5.88. The molecular formula is C31H38FN3O5. The number of hydrogen-bond donors (Lipinski definition) is 1. The lowest BCUT2D eigenvalue weighted by molar-refractivity contribution is -0.183. The molecule has 1 amide bonds. The first-order valence-electron chi connectivity index (χ1n) is 14.1. The highest BCUT2D eigenvalue weighted by molar-refractivity contribution is 5.85. The smallest absolute Gasteiger partial charge is 0.252 e. The Bertz CT molecular complexity index is 1190. The van der Waals surface area contributed by atoms with E-state index in [0.717, 1.165) is 30.8 Å². The van der Waals surface area contributed by atoms with E-state index in [2.05, 4.69) is 16.3 Å². The summed E-state index contributed by atoms with van der Waals surface area (Å²) in [4.78, 5) is 16.3. The molecule has 214 valence electrons. The summed E-state index contributed by atoms with van der Waals surface area (Å²) in [6.07, 6.45) is 1.71. The van der Waals surface area contributed by atoms with E-state index < -0.39 is 23.6 Å². The van der Waals surface area contributed by atoms with Crippen LogP contribution in [0.15, 0.2) is 48.5 Å². The molecule has 4 atom stereocenters. The van der Waals surface area contributed by atoms with Gasteiger partial charge in [-0.15, -0.1) is 0 Å². The molecule has 1 unspecified atom stereocenters. The zero-order chi connectivity index (χ0) is 28.2. The number of rotatable bonds is 10. The van der Waals surface area contributed by atoms with Gasteiger partial charge in [0.05, 0.1) is 37.1 Å². The van der Waals surface area contributed by atoms with Crippen molar-refractivity contribution in [2.45, 2.75) is 82.4 Å². The molecule has 2 aliphatic heterocycles. The molecule has 0 radical (unpaired) electrons. The second-order valence-electron chi connectivity index (χ2n) is 11.4. The van der Waals surface area contributed by atoms with Gasteiger partial charge in [0.15, 0.2) is 11.4 Å². The van der Waals surface area contributed by atoms with E-state index in [-0.39, 0.29) is 37.5 Å². The largest absolute Gasteiger partial charge is 0.371 e. The molecule has 3 aliphatic rings. The third kappa shape index (κ3) is 6.88. The number of hydrogen-bond acceptors (Lipinski definition) is 7. The molecule has 3 fully saturated rings. The van der Waals surface area contributed by atoms with Crippen LogP contribution in [0.3, 0.4) is 0 Å². The molecule has 2 aromatic carbocycles. The van der Waals surface area contributed by atoms with Crippen LogP contribution in [0.4, 0.5) is 4.39 Å². The van der Waals surface area contributed by atoms with E-state index in [1.807, 2.05) is 26.0 Å². The van der Waals surface area contributed by atoms with Gasteiger partial charge in [-0.05, 0) is 75.2 Å². The molecule has 9 heteroatoms. The summed E-state index contributed by atoms with van der Waals surface area (Å²) in [5, 5.41) is 12.2. The van der Waals surface area contributed by atoms with Crippen LogP contribution in [0.1, 0.15) is 56.2 Å². The summed E-state index contributed by atoms with van der Waals surface area (Å²) in [7, 11) is 0. The van der Waals surface area contributed by atoms with E-state index in [0.29, 0.717) is 18.5 Å². The fraction of sp³-hybridized carbons (Fsp3) is 0.548. The number of fused-ring (bicyclic) bond motifs is 1. The Morgan fingerprint density at radius 1 is 1.05 bits per heavy atom. The Balaban J connectivity index is 1.36. The molecule has 2 saturated heterocycles. The lowest BCUT2D eigenvalue weighted by atomic mass is 9.78. The highest BCUT2D eigenvalue weighted by Crippen LogP contribution is 2.44. The maximum absolute atomic E-state index is 13.9. The van der Waals surface area contributed by atoms with Gasteiger partial charge in [0.1, 0.15) is 11.9 Å². The summed E-state index contributed by atoms with van der Waals surface area (Å²) in [6.45, 7) is 7.57. The second kappa shape index (κ2) is 12.3. The Labute approximate surface area is 235 Å². The minimum atomic E-state index is -1.22. The molecule has 5 rings (SSSR count). The van der Waals surface area contributed by atoms with E-state index in [9.17, 15) is 9.18 Å². The second-order valence-corrected chi connectivity index (χ2v) is 11.4. The lowest BCUT2D eigenvalue weighted by Gasteiger charge is -2.43. The maximum atomic E-state index is 13.9. The van der Waals surface area contributed by atoms with Crippen LogP contribution in [0.5, 0.6) is 0 Å². The van der Waals surface area contributed by atoms with Gasteiger partial charge in [0, 0.05) is 25.9 Å². The predicted molar refractivity (Wildman–Crippen MR) is 145 cm³/mol. The number of amides is 1. The SMILES string of the molecule is CC1(C)O[C@@H]2C[C@@](OCc3ccc(F)cc3)(C(=O)NCCN3CCCC3)CC(OCc3ccc(C#N)cc3)[C@@H]2O1. The number of likely N-dealkylation sites (tertiary alicyclic amines) is 1. The molecule has 1 saturated carbocycles. The number of ether oxygens (including phenoxy) is 4. The number of nitrogens with one attached hydrogen (secondary N) is 1. The Hall–Kier alpha value is -2.87. The quantitative estimate of drug-likeness (QED) is 0.476. The van der Waals surface area contributed by atoms with E-state index in [1.165, 1.54) is 25.0 Å². The number of nitriles is 1. The minimum Gasteiger partial charge on any atom is -0.371 e. The summed E-state index contributed by atoms with van der Waals surface area (Å²) in [5.74, 6) is -1.36. The molecule has 2 aromatic rings. The number of benzene rings is 2. The monoisotopic (exact) mass is 551 g/mol. The molecule has 40 heavy (non-hydrogen) atoms. The van der Waals surface area contributed by atoms with Crippen LogP contribution >= 0.6 is 0 Å². The van der Waals surface area contributed by atoms with Crippen molar-refractivity contribution in [1.29, 1.82) is 5.26 Å². The molecular weight excluding hydrogens is 513 g/mol. The fourth-order valence-electron chi connectivity index (χ4n) is 5.88. The van der Waals surface area contributed by atoms with Crippen LogP contribution < -0.4 is 5.32 Å². The van der Waals surface area contributed by atoms with Crippen molar-refractivity contribution in [2.75, 3.05) is 26.2 Å². The van der Waals surface area contributed by atoms with E-state index in [1.54, 1.807) is 24.3 Å². The number of halogens is 1. The molecule has 0 bridgehead atoms. The highest BCUT2D eigenvalue weighted by Gasteiger charge is 2.58. The zero-order valence-corrected chi connectivity index (χ0v) is 23.2. The van der Waals surface area contributed by atoms with Gasteiger partial charge in [-0.25, -0.2) is 4.39 Å². The molecule has 1 aliphatic carbocycles. The molecule has 8 nitrogen and oxygen atoms in total. The molecule has 0 aromatic heterocycles. The van der Waals surface area contributed by atoms with Crippen LogP contribution in [0.2, 0.25) is 0 Å². The van der Waals surface area contributed by atoms with Gasteiger partial charge in [-0.3, -0.25) is 4.79 Å². The first-order chi connectivity index (χ1) is 19.2. The minimum absolute atomic E-state index is 0.143. The van der Waals surface area contributed by atoms with E-state index in [4.69, 9.17) is 24.2 Å². The van der Waals surface area contributed by atoms with E-state index >= 15 is 0 Å². The average Bonchev–Trinajstić information content (AvgIpc) is 3.57. The van der Waals surface area contributed by atoms with Crippen LogP contribution in [0.25, 0.3) is 0 Å². The highest BCUT2D eigenvalue weighted by atomic mass is 19.1. The van der Waals surface area contributed by atoms with Crippen molar-refractivity contribution in [3.8, 4) is 6.07 Å². The summed E-state index contributed by atoms with van der Waals surface area (Å²) in [5.41, 5.74) is 1.04. The maximum Gasteiger partial charge on any atom is 0.252 e. The zero-order valence-electron chi connectivity index (χ0n) is 23.2. The predicted octanol–water partition coefficient (Wildman–Crippen LogP) is 4.06. The summed E-state index contributed by atoms with van der Waals surface area (Å²) < 4.78 is 38.9. The lowest BCUT2D eigenvalue weighted by Crippen LogP contribution is -2.60. The molecule has 0 spiro atoms. The standard InChI is InChI=1S/C31H38FN3O5/c1-30(2)39-27-18-31(38-21-24-9-11-25(32)12-10-24,29(36)34-13-16-35-14-3-4-15-35)17-26(28(27)40-30)37-20-23-7-5-22(19-33)6-8-23/h5-12,26-28H,3-4,13-18,20-21H2,1-2H3,(H,34,36)/t26?,27-,28+,31-/m1/s1. The van der Waals surface area contributed by atoms with Crippen LogP contribution in [-0.4, -0.2) is 66.7 Å². The van der Waals surface area contributed by atoms with Gasteiger partial charge >= 0.3 is 0 Å². The number of carbonyl (C=O) groups excluding carboxylic acids is 1. The van der Waals surface area contributed by atoms with Crippen molar-refractivity contribution in [3.05, 3.63) is 71.0 Å². The number of carbonyl (C=O) groups is 1. The van der Waals surface area contributed by atoms with Gasteiger partial charge in [0.25, 0.3) is 5.91 Å². The van der Waals surface area contributed by atoms with Crippen molar-refractivity contribution in [2.24, 2.45) is 0 Å². The average molecular weight is 552 g/mol.